The minimum Gasteiger partial charge on any atom is -0.285 e. The summed E-state index contributed by atoms with van der Waals surface area (Å²) in [5.41, 5.74) is 3.56. The summed E-state index contributed by atoms with van der Waals surface area (Å²) in [6.45, 7) is 3.25. The fourth-order valence-electron chi connectivity index (χ4n) is 2.78. The fraction of sp³-hybridized carbons (Fsp3) is 0.375. The highest BCUT2D eigenvalue weighted by Crippen LogP contribution is 2.23. The highest BCUT2D eigenvalue weighted by atomic mass is 35.5. The van der Waals surface area contributed by atoms with Crippen LogP contribution in [0.2, 0.25) is 10.0 Å². The number of H-pyrrole nitrogens is 1. The maximum Gasteiger partial charge on any atom is 0.283 e. The Balaban J connectivity index is 1.90. The van der Waals surface area contributed by atoms with Crippen LogP contribution in [0.3, 0.4) is 0 Å². The first-order valence-corrected chi connectivity index (χ1v) is 8.56. The summed E-state index contributed by atoms with van der Waals surface area (Å²) in [5, 5.41) is 5.54. The maximum atomic E-state index is 12.5. The van der Waals surface area contributed by atoms with Crippen molar-refractivity contribution in [3.05, 3.63) is 49.9 Å². The number of amides is 1. The lowest BCUT2D eigenvalue weighted by Crippen LogP contribution is -2.45. The monoisotopic (exact) mass is 368 g/mol. The molecule has 1 amide bonds. The molecule has 8 heteroatoms. The van der Waals surface area contributed by atoms with Gasteiger partial charge in [-0.25, -0.2) is 9.69 Å². The van der Waals surface area contributed by atoms with Gasteiger partial charge in [-0.1, -0.05) is 29.6 Å². The molecule has 1 saturated heterocycles. The molecule has 1 aliphatic heterocycles. The van der Waals surface area contributed by atoms with Crippen LogP contribution in [0.4, 0.5) is 0 Å². The molecule has 1 aromatic carbocycles. The first-order valence-electron chi connectivity index (χ1n) is 7.80. The number of aromatic nitrogens is 2. The number of nitrogens with zero attached hydrogens (tertiary/aromatic N) is 2. The molecule has 24 heavy (non-hydrogen) atoms. The number of piperidine rings is 1. The molecule has 0 bridgehead atoms. The van der Waals surface area contributed by atoms with Crippen molar-refractivity contribution < 1.29 is 4.79 Å². The summed E-state index contributed by atoms with van der Waals surface area (Å²) >= 11 is 12.0. The quantitative estimate of drug-likeness (QED) is 0.874. The van der Waals surface area contributed by atoms with E-state index >= 15 is 0 Å². The zero-order valence-corrected chi connectivity index (χ0v) is 14.7. The summed E-state index contributed by atoms with van der Waals surface area (Å²) in [4.78, 5) is 24.9. The van der Waals surface area contributed by atoms with Crippen molar-refractivity contribution in [1.82, 2.24) is 20.2 Å². The molecule has 0 atom stereocenters. The minimum atomic E-state index is -0.324. The topological polar surface area (TPSA) is 70.1 Å². The van der Waals surface area contributed by atoms with Gasteiger partial charge in [0.05, 0.1) is 10.7 Å². The molecule has 1 aliphatic rings. The Labute approximate surface area is 149 Å². The van der Waals surface area contributed by atoms with Crippen molar-refractivity contribution in [2.24, 2.45) is 0 Å². The molecule has 0 spiro atoms. The van der Waals surface area contributed by atoms with Crippen LogP contribution in [0.15, 0.2) is 23.0 Å². The highest BCUT2D eigenvalue weighted by molar-refractivity contribution is 6.35. The fourth-order valence-corrected chi connectivity index (χ4v) is 3.27. The van der Waals surface area contributed by atoms with Crippen LogP contribution in [0.25, 0.3) is 5.69 Å². The van der Waals surface area contributed by atoms with E-state index in [4.69, 9.17) is 23.2 Å². The van der Waals surface area contributed by atoms with Gasteiger partial charge in [0, 0.05) is 23.7 Å². The van der Waals surface area contributed by atoms with E-state index in [1.807, 2.05) is 5.01 Å². The van der Waals surface area contributed by atoms with Crippen molar-refractivity contribution in [2.75, 3.05) is 13.1 Å². The van der Waals surface area contributed by atoms with Crippen LogP contribution < -0.4 is 11.0 Å². The van der Waals surface area contributed by atoms with E-state index in [9.17, 15) is 9.59 Å². The van der Waals surface area contributed by atoms with Gasteiger partial charge in [0.1, 0.15) is 5.69 Å². The molecule has 1 aromatic heterocycles. The number of carbonyl (C=O) groups is 1. The summed E-state index contributed by atoms with van der Waals surface area (Å²) in [6, 6.07) is 4.82. The maximum absolute atomic E-state index is 12.5. The Morgan fingerprint density at radius 3 is 2.58 bits per heavy atom. The van der Waals surface area contributed by atoms with Crippen molar-refractivity contribution >= 4 is 29.1 Å². The molecule has 0 unspecified atom stereocenters. The second-order valence-corrected chi connectivity index (χ2v) is 6.68. The van der Waals surface area contributed by atoms with E-state index in [1.165, 1.54) is 11.1 Å². The van der Waals surface area contributed by atoms with Gasteiger partial charge in [0.25, 0.3) is 11.5 Å². The average molecular weight is 369 g/mol. The van der Waals surface area contributed by atoms with Gasteiger partial charge in [-0.2, -0.15) is 0 Å². The summed E-state index contributed by atoms with van der Waals surface area (Å²) < 4.78 is 1.26. The van der Waals surface area contributed by atoms with Crippen molar-refractivity contribution in [1.29, 1.82) is 0 Å². The number of carbonyl (C=O) groups excluding carboxylic acids is 1. The van der Waals surface area contributed by atoms with Crippen LogP contribution in [-0.2, 0) is 0 Å². The number of benzene rings is 1. The number of halogens is 2. The molecular weight excluding hydrogens is 351 g/mol. The lowest BCUT2D eigenvalue weighted by Gasteiger charge is -2.26. The molecule has 3 rings (SSSR count). The Morgan fingerprint density at radius 2 is 1.92 bits per heavy atom. The van der Waals surface area contributed by atoms with Gasteiger partial charge in [0.2, 0.25) is 0 Å². The number of hydrazine groups is 1. The van der Waals surface area contributed by atoms with E-state index < -0.39 is 0 Å². The van der Waals surface area contributed by atoms with E-state index in [-0.39, 0.29) is 17.2 Å². The average Bonchev–Trinajstić information content (AvgIpc) is 2.85. The predicted octanol–water partition coefficient (Wildman–Crippen LogP) is 2.91. The van der Waals surface area contributed by atoms with E-state index in [0.717, 1.165) is 25.9 Å². The summed E-state index contributed by atoms with van der Waals surface area (Å²) in [6.07, 6.45) is 3.28. The molecule has 0 radical (unpaired) electrons. The molecule has 1 fully saturated rings. The Bertz CT molecular complexity index is 822. The van der Waals surface area contributed by atoms with Crippen molar-refractivity contribution in [3.8, 4) is 5.69 Å². The van der Waals surface area contributed by atoms with E-state index in [2.05, 4.69) is 10.5 Å². The van der Waals surface area contributed by atoms with Gasteiger partial charge in [0.15, 0.2) is 0 Å². The molecule has 2 N–H and O–H groups in total. The molecule has 6 nitrogen and oxygen atoms in total. The first kappa shape index (κ1) is 17.1. The van der Waals surface area contributed by atoms with Crippen LogP contribution >= 0.6 is 23.2 Å². The highest BCUT2D eigenvalue weighted by Gasteiger charge is 2.21. The molecular formula is C16H18Cl2N4O2. The van der Waals surface area contributed by atoms with Crippen molar-refractivity contribution in [3.63, 3.8) is 0 Å². The normalized spacial score (nSPS) is 15.5. The van der Waals surface area contributed by atoms with Gasteiger partial charge < -0.3 is 0 Å². The molecule has 2 aromatic rings. The lowest BCUT2D eigenvalue weighted by atomic mass is 10.2. The predicted molar refractivity (Wildman–Crippen MR) is 94.0 cm³/mol. The molecule has 0 aliphatic carbocycles. The van der Waals surface area contributed by atoms with Gasteiger partial charge in [-0.3, -0.25) is 20.1 Å². The summed E-state index contributed by atoms with van der Waals surface area (Å²) in [7, 11) is 0. The van der Waals surface area contributed by atoms with Crippen LogP contribution in [-0.4, -0.2) is 33.8 Å². The lowest BCUT2D eigenvalue weighted by molar-refractivity contribution is 0.0743. The van der Waals surface area contributed by atoms with E-state index in [0.29, 0.717) is 21.3 Å². The number of nitrogens with one attached hydrogen (secondary N) is 2. The SMILES string of the molecule is Cc1c(C(=O)NN2CCCCC2)[nH]n(-c2ccc(Cl)cc2Cl)c1=O. The van der Waals surface area contributed by atoms with Crippen molar-refractivity contribution in [2.45, 2.75) is 26.2 Å². The molecule has 128 valence electrons. The standard InChI is InChI=1S/C16H18Cl2N4O2/c1-10-14(15(23)20-21-7-3-2-4-8-21)19-22(16(10)24)13-6-5-11(17)9-12(13)18/h5-6,9,19H,2-4,7-8H2,1H3,(H,20,23). The second-order valence-electron chi connectivity index (χ2n) is 5.84. The first-order chi connectivity index (χ1) is 11.5. The van der Waals surface area contributed by atoms with Crippen LogP contribution in [0, 0.1) is 6.92 Å². The zero-order valence-electron chi connectivity index (χ0n) is 13.2. The second kappa shape index (κ2) is 7.01. The summed E-state index contributed by atoms with van der Waals surface area (Å²) in [5.74, 6) is -0.324. The van der Waals surface area contributed by atoms with Crippen LogP contribution in [0.5, 0.6) is 0 Å². The smallest absolute Gasteiger partial charge is 0.283 e. The Kier molecular flexibility index (Phi) is 4.99. The third-order valence-corrected chi connectivity index (χ3v) is 4.65. The Morgan fingerprint density at radius 1 is 1.21 bits per heavy atom. The largest absolute Gasteiger partial charge is 0.285 e. The van der Waals surface area contributed by atoms with Gasteiger partial charge in [-0.05, 0) is 38.0 Å². The zero-order chi connectivity index (χ0) is 17.3. The Hall–Kier alpha value is -1.76. The molecule has 0 saturated carbocycles. The number of hydrogen-bond acceptors (Lipinski definition) is 3. The van der Waals surface area contributed by atoms with Gasteiger partial charge >= 0.3 is 0 Å². The van der Waals surface area contributed by atoms with Gasteiger partial charge in [-0.15, -0.1) is 0 Å². The minimum absolute atomic E-state index is 0.233. The third kappa shape index (κ3) is 3.36. The number of rotatable bonds is 3. The molecule has 2 heterocycles. The number of aromatic amines is 1. The number of hydrogen-bond donors (Lipinski definition) is 2. The van der Waals surface area contributed by atoms with Crippen LogP contribution in [0.1, 0.15) is 35.3 Å². The third-order valence-electron chi connectivity index (χ3n) is 4.12. The van der Waals surface area contributed by atoms with E-state index in [1.54, 1.807) is 25.1 Å².